The van der Waals surface area contributed by atoms with Gasteiger partial charge in [-0.3, -0.25) is 4.79 Å². The summed E-state index contributed by atoms with van der Waals surface area (Å²) in [6.07, 6.45) is 0. The lowest BCUT2D eigenvalue weighted by Gasteiger charge is -2.27. The number of H-pyrrole nitrogens is 1. The summed E-state index contributed by atoms with van der Waals surface area (Å²) in [4.78, 5) is 14.7. The van der Waals surface area contributed by atoms with Gasteiger partial charge in [-0.1, -0.05) is 18.2 Å². The molecule has 0 bridgehead atoms. The lowest BCUT2D eigenvalue weighted by molar-refractivity contribution is 0.0730. The van der Waals surface area contributed by atoms with Crippen LogP contribution in [0, 0.1) is 18.3 Å². The molecule has 1 N–H and O–H groups in total. The summed E-state index contributed by atoms with van der Waals surface area (Å²) < 4.78 is 32.7. The fraction of sp³-hybridized carbons (Fsp3) is 0.294. The molecule has 1 saturated heterocycles. The number of aryl methyl sites for hydroxylation is 1. The minimum absolute atomic E-state index is 0.0819. The summed E-state index contributed by atoms with van der Waals surface area (Å²) >= 11 is 0. The van der Waals surface area contributed by atoms with Gasteiger partial charge in [0, 0.05) is 29.9 Å². The molecule has 0 radical (unpaired) electrons. The first kappa shape index (κ1) is 17.4. The Morgan fingerprint density at radius 2 is 1.88 bits per heavy atom. The molecule has 3 rings (SSSR count). The van der Waals surface area contributed by atoms with E-state index in [0.29, 0.717) is 30.0 Å². The van der Waals surface area contributed by atoms with Crippen molar-refractivity contribution in [2.24, 2.45) is 0 Å². The molecule has 0 saturated carbocycles. The van der Waals surface area contributed by atoms with Gasteiger partial charge in [0.25, 0.3) is 5.56 Å². The minimum Gasteiger partial charge on any atom is -0.379 e. The highest BCUT2D eigenvalue weighted by Gasteiger charge is 2.29. The second kappa shape index (κ2) is 6.80. The Hall–Kier alpha value is -2.47. The smallest absolute Gasteiger partial charge is 0.266 e. The number of aromatic amines is 1. The van der Waals surface area contributed by atoms with Crippen molar-refractivity contribution in [2.45, 2.75) is 11.8 Å². The Balaban J connectivity index is 2.22. The van der Waals surface area contributed by atoms with Crippen molar-refractivity contribution in [3.8, 4) is 17.2 Å². The maximum atomic E-state index is 13.1. The van der Waals surface area contributed by atoms with Gasteiger partial charge in [0.2, 0.25) is 10.0 Å². The van der Waals surface area contributed by atoms with E-state index in [4.69, 9.17) is 4.74 Å². The Morgan fingerprint density at radius 3 is 2.56 bits per heavy atom. The van der Waals surface area contributed by atoms with E-state index in [0.717, 1.165) is 0 Å². The van der Waals surface area contributed by atoms with Crippen LogP contribution in [0.3, 0.4) is 0 Å². The SMILES string of the molecule is Cc1cc(-c2ccccc2S(=O)(=O)N2CCOCC2)c(C#N)c(=O)[nH]1. The zero-order valence-corrected chi connectivity index (χ0v) is 14.5. The molecule has 1 aliphatic rings. The minimum atomic E-state index is -3.76. The molecule has 8 heteroatoms. The second-order valence-electron chi connectivity index (χ2n) is 5.69. The summed E-state index contributed by atoms with van der Waals surface area (Å²) in [5.74, 6) is 0. The molecule has 1 aromatic heterocycles. The first-order valence-corrected chi connectivity index (χ1v) is 9.20. The van der Waals surface area contributed by atoms with Crippen LogP contribution in [0.15, 0.2) is 40.0 Å². The van der Waals surface area contributed by atoms with Crippen LogP contribution in [-0.2, 0) is 14.8 Å². The van der Waals surface area contributed by atoms with E-state index in [1.54, 1.807) is 31.2 Å². The average molecular weight is 359 g/mol. The van der Waals surface area contributed by atoms with E-state index in [9.17, 15) is 18.5 Å². The topological polar surface area (TPSA) is 103 Å². The van der Waals surface area contributed by atoms with Gasteiger partial charge in [-0.25, -0.2) is 8.42 Å². The van der Waals surface area contributed by atoms with Gasteiger partial charge in [-0.2, -0.15) is 9.57 Å². The molecular formula is C17H17N3O4S. The molecule has 2 heterocycles. The number of pyridine rings is 1. The largest absolute Gasteiger partial charge is 0.379 e. The number of nitriles is 1. The number of benzene rings is 1. The molecule has 0 unspecified atom stereocenters. The molecule has 1 fully saturated rings. The predicted octanol–water partition coefficient (Wildman–Crippen LogP) is 1.24. The Morgan fingerprint density at radius 1 is 1.20 bits per heavy atom. The zero-order valence-electron chi connectivity index (χ0n) is 13.7. The summed E-state index contributed by atoms with van der Waals surface area (Å²) in [6, 6.07) is 9.92. The van der Waals surface area contributed by atoms with Crippen LogP contribution in [0.25, 0.3) is 11.1 Å². The van der Waals surface area contributed by atoms with Crippen LogP contribution in [0.1, 0.15) is 11.3 Å². The lowest BCUT2D eigenvalue weighted by Crippen LogP contribution is -2.40. The zero-order chi connectivity index (χ0) is 18.0. The third kappa shape index (κ3) is 3.22. The van der Waals surface area contributed by atoms with Crippen molar-refractivity contribution < 1.29 is 13.2 Å². The van der Waals surface area contributed by atoms with Gasteiger partial charge < -0.3 is 9.72 Å². The standard InChI is InChI=1S/C17H17N3O4S/c1-12-10-14(15(11-18)17(21)19-12)13-4-2-3-5-16(13)25(22,23)20-6-8-24-9-7-20/h2-5,10H,6-9H2,1H3,(H,19,21). The number of rotatable bonds is 3. The van der Waals surface area contributed by atoms with Crippen LogP contribution in [0.5, 0.6) is 0 Å². The first-order chi connectivity index (χ1) is 11.9. The summed E-state index contributed by atoms with van der Waals surface area (Å²) in [5.41, 5.74) is 0.583. The van der Waals surface area contributed by atoms with E-state index in [-0.39, 0.29) is 23.5 Å². The number of nitrogens with one attached hydrogen (secondary N) is 1. The predicted molar refractivity (Wildman–Crippen MR) is 91.5 cm³/mol. The van der Waals surface area contributed by atoms with Gasteiger partial charge >= 0.3 is 0 Å². The second-order valence-corrected chi connectivity index (χ2v) is 7.60. The normalized spacial score (nSPS) is 15.7. The number of nitrogens with zero attached hydrogens (tertiary/aromatic N) is 2. The Labute approximate surface area is 145 Å². The van der Waals surface area contributed by atoms with Crippen molar-refractivity contribution in [1.29, 1.82) is 5.26 Å². The van der Waals surface area contributed by atoms with Gasteiger partial charge in [-0.15, -0.1) is 0 Å². The third-order valence-electron chi connectivity index (χ3n) is 4.04. The number of hydrogen-bond donors (Lipinski definition) is 1. The van der Waals surface area contributed by atoms with Crippen LogP contribution < -0.4 is 5.56 Å². The molecule has 0 amide bonds. The summed E-state index contributed by atoms with van der Waals surface area (Å²) in [6.45, 7) is 2.92. The van der Waals surface area contributed by atoms with E-state index in [2.05, 4.69) is 4.98 Å². The van der Waals surface area contributed by atoms with E-state index in [1.165, 1.54) is 10.4 Å². The van der Waals surface area contributed by atoms with Crippen LogP contribution >= 0.6 is 0 Å². The van der Waals surface area contributed by atoms with Crippen molar-refractivity contribution in [2.75, 3.05) is 26.3 Å². The molecule has 130 valence electrons. The molecule has 7 nitrogen and oxygen atoms in total. The average Bonchev–Trinajstić information content (AvgIpc) is 2.62. The van der Waals surface area contributed by atoms with Gasteiger partial charge in [-0.05, 0) is 19.1 Å². The Kier molecular flexibility index (Phi) is 4.72. The van der Waals surface area contributed by atoms with E-state index in [1.807, 2.05) is 6.07 Å². The van der Waals surface area contributed by atoms with Gasteiger partial charge in [0.1, 0.15) is 11.6 Å². The highest BCUT2D eigenvalue weighted by Crippen LogP contribution is 2.31. The highest BCUT2D eigenvalue weighted by molar-refractivity contribution is 7.89. The van der Waals surface area contributed by atoms with Gasteiger partial charge in [0.05, 0.1) is 18.1 Å². The molecule has 0 atom stereocenters. The molecule has 25 heavy (non-hydrogen) atoms. The molecule has 2 aromatic rings. The molecular weight excluding hydrogens is 342 g/mol. The van der Waals surface area contributed by atoms with Crippen LogP contribution in [-0.4, -0.2) is 44.0 Å². The fourth-order valence-corrected chi connectivity index (χ4v) is 4.47. The molecule has 0 spiro atoms. The first-order valence-electron chi connectivity index (χ1n) is 7.76. The quantitative estimate of drug-likeness (QED) is 0.888. The van der Waals surface area contributed by atoms with E-state index < -0.39 is 15.6 Å². The summed E-state index contributed by atoms with van der Waals surface area (Å²) in [7, 11) is -3.76. The van der Waals surface area contributed by atoms with Crippen molar-refractivity contribution >= 4 is 10.0 Å². The number of sulfonamides is 1. The van der Waals surface area contributed by atoms with Crippen molar-refractivity contribution in [1.82, 2.24) is 9.29 Å². The van der Waals surface area contributed by atoms with Crippen LogP contribution in [0.2, 0.25) is 0 Å². The van der Waals surface area contributed by atoms with Gasteiger partial charge in [0.15, 0.2) is 0 Å². The maximum absolute atomic E-state index is 13.1. The van der Waals surface area contributed by atoms with Crippen LogP contribution in [0.4, 0.5) is 0 Å². The highest BCUT2D eigenvalue weighted by atomic mass is 32.2. The number of hydrogen-bond acceptors (Lipinski definition) is 5. The number of aromatic nitrogens is 1. The Bertz CT molecular complexity index is 999. The third-order valence-corrected chi connectivity index (χ3v) is 6.00. The lowest BCUT2D eigenvalue weighted by atomic mass is 10.0. The maximum Gasteiger partial charge on any atom is 0.266 e. The van der Waals surface area contributed by atoms with Crippen molar-refractivity contribution in [3.63, 3.8) is 0 Å². The molecule has 0 aliphatic carbocycles. The number of morpholine rings is 1. The molecule has 1 aliphatic heterocycles. The fourth-order valence-electron chi connectivity index (χ4n) is 2.85. The monoisotopic (exact) mass is 359 g/mol. The van der Waals surface area contributed by atoms with Crippen molar-refractivity contribution in [3.05, 3.63) is 51.9 Å². The molecule has 1 aromatic carbocycles. The number of ether oxygens (including phenoxy) is 1. The van der Waals surface area contributed by atoms with E-state index >= 15 is 0 Å². The summed E-state index contributed by atoms with van der Waals surface area (Å²) in [5, 5.41) is 9.35.